The fourth-order valence-electron chi connectivity index (χ4n) is 9.24. The first-order chi connectivity index (χ1) is 27.4. The van der Waals surface area contributed by atoms with Crippen molar-refractivity contribution >= 4 is 64.7 Å². The number of benzene rings is 2. The Hall–Kier alpha value is -4.14. The second-order valence-electron chi connectivity index (χ2n) is 16.6. The molecule has 2 aromatic rings. The van der Waals surface area contributed by atoms with E-state index in [1.807, 2.05) is 24.0 Å². The van der Waals surface area contributed by atoms with Gasteiger partial charge in [0.1, 0.15) is 5.54 Å². The molecule has 6 rings (SSSR count). The molecule has 1 saturated carbocycles. The van der Waals surface area contributed by atoms with Crippen molar-refractivity contribution in [2.75, 3.05) is 43.0 Å². The number of nitriles is 1. The van der Waals surface area contributed by atoms with Gasteiger partial charge in [-0.05, 0) is 114 Å². The van der Waals surface area contributed by atoms with E-state index in [4.69, 9.17) is 17.0 Å². The summed E-state index contributed by atoms with van der Waals surface area (Å²) in [6.07, 6.45) is -0.518. The van der Waals surface area contributed by atoms with Crippen LogP contribution in [0, 0.1) is 11.3 Å². The SMILES string of the molecule is CC[C@]1(c2ccc(NC(=O)CN3[C@H](C)CN(CCOC4CCC(N5C(=S)N(c6ccc(C#N)c(C(F)(F)F)c6)C(=O)C5(C)C)CC4)C[C@@H]3C)cc2)CCC(=O)NC1=O.Cl. The number of carbonyl (C=O) groups is 4. The Morgan fingerprint density at radius 1 is 1.03 bits per heavy atom. The molecule has 4 aliphatic rings. The first kappa shape index (κ1) is 45.9. The number of nitrogens with zero attached hydrogens (tertiary/aromatic N) is 5. The molecule has 17 heteroatoms. The van der Waals surface area contributed by atoms with Crippen LogP contribution < -0.4 is 15.5 Å². The summed E-state index contributed by atoms with van der Waals surface area (Å²) in [6, 6.07) is 12.3. The van der Waals surface area contributed by atoms with Crippen LogP contribution in [0.3, 0.4) is 0 Å². The van der Waals surface area contributed by atoms with E-state index < -0.39 is 34.2 Å². The van der Waals surface area contributed by atoms with Gasteiger partial charge in [0.15, 0.2) is 5.11 Å². The molecular weight excluding hydrogens is 807 g/mol. The lowest BCUT2D eigenvalue weighted by molar-refractivity contribution is -0.139. The summed E-state index contributed by atoms with van der Waals surface area (Å²) in [5.41, 5.74) is -1.99. The number of anilines is 2. The largest absolute Gasteiger partial charge is 0.417 e. The molecule has 0 bridgehead atoms. The Kier molecular flexibility index (Phi) is 14.2. The minimum atomic E-state index is -4.76. The molecule has 320 valence electrons. The molecule has 4 amide bonds. The average Bonchev–Trinajstić information content (AvgIpc) is 3.35. The van der Waals surface area contributed by atoms with Gasteiger partial charge in [-0.1, -0.05) is 19.1 Å². The molecule has 0 unspecified atom stereocenters. The molecule has 3 aliphatic heterocycles. The molecule has 0 radical (unpaired) electrons. The minimum Gasteiger partial charge on any atom is -0.377 e. The molecule has 2 aromatic carbocycles. The number of piperidine rings is 1. The van der Waals surface area contributed by atoms with Crippen molar-refractivity contribution in [1.82, 2.24) is 20.0 Å². The van der Waals surface area contributed by atoms with Gasteiger partial charge in [0, 0.05) is 49.9 Å². The highest BCUT2D eigenvalue weighted by atomic mass is 35.5. The van der Waals surface area contributed by atoms with Crippen LogP contribution in [0.5, 0.6) is 0 Å². The summed E-state index contributed by atoms with van der Waals surface area (Å²) in [5.74, 6) is -1.07. The highest BCUT2D eigenvalue weighted by Gasteiger charge is 2.53. The molecule has 4 fully saturated rings. The number of ether oxygens (including phenoxy) is 1. The molecule has 1 aliphatic carbocycles. The predicted octanol–water partition coefficient (Wildman–Crippen LogP) is 6.16. The first-order valence-corrected chi connectivity index (χ1v) is 20.4. The van der Waals surface area contributed by atoms with Crippen molar-refractivity contribution in [3.63, 3.8) is 0 Å². The fraction of sp³-hybridized carbons (Fsp3) is 0.571. The zero-order valence-electron chi connectivity index (χ0n) is 34.1. The van der Waals surface area contributed by atoms with Gasteiger partial charge in [0.25, 0.3) is 5.91 Å². The Morgan fingerprint density at radius 3 is 2.25 bits per heavy atom. The van der Waals surface area contributed by atoms with Crippen LogP contribution in [0.2, 0.25) is 0 Å². The number of carbonyl (C=O) groups excluding carboxylic acids is 4. The third kappa shape index (κ3) is 9.44. The van der Waals surface area contributed by atoms with E-state index in [-0.39, 0.29) is 71.7 Å². The number of amides is 4. The van der Waals surface area contributed by atoms with E-state index in [0.29, 0.717) is 44.4 Å². The number of halogens is 4. The van der Waals surface area contributed by atoms with Crippen molar-refractivity contribution in [2.24, 2.45) is 0 Å². The number of hydrogen-bond acceptors (Lipinski definition) is 9. The molecule has 59 heavy (non-hydrogen) atoms. The van der Waals surface area contributed by atoms with E-state index in [0.717, 1.165) is 55.1 Å². The third-order valence-electron chi connectivity index (χ3n) is 12.5. The van der Waals surface area contributed by atoms with E-state index in [1.54, 1.807) is 32.0 Å². The highest BCUT2D eigenvalue weighted by molar-refractivity contribution is 7.80. The van der Waals surface area contributed by atoms with Gasteiger partial charge in [-0.3, -0.25) is 39.2 Å². The Bertz CT molecular complexity index is 1960. The summed E-state index contributed by atoms with van der Waals surface area (Å²) in [4.78, 5) is 58.9. The second-order valence-corrected chi connectivity index (χ2v) is 16.9. The smallest absolute Gasteiger partial charge is 0.377 e. The number of rotatable bonds is 11. The molecule has 0 aromatic heterocycles. The molecule has 3 saturated heterocycles. The molecule has 3 heterocycles. The lowest BCUT2D eigenvalue weighted by Crippen LogP contribution is -2.58. The monoisotopic (exact) mass is 859 g/mol. The second kappa shape index (κ2) is 18.2. The highest BCUT2D eigenvalue weighted by Crippen LogP contribution is 2.41. The zero-order valence-corrected chi connectivity index (χ0v) is 35.7. The van der Waals surface area contributed by atoms with E-state index in [2.05, 4.69) is 34.3 Å². The van der Waals surface area contributed by atoms with Crippen LogP contribution in [0.25, 0.3) is 0 Å². The summed E-state index contributed by atoms with van der Waals surface area (Å²) in [6.45, 7) is 12.7. The van der Waals surface area contributed by atoms with Crippen LogP contribution >= 0.6 is 24.6 Å². The van der Waals surface area contributed by atoms with Gasteiger partial charge in [0.2, 0.25) is 17.7 Å². The quantitative estimate of drug-likeness (QED) is 0.200. The van der Waals surface area contributed by atoms with Crippen molar-refractivity contribution in [1.29, 1.82) is 5.26 Å². The number of thiocarbonyl (C=S) groups is 1. The topological polar surface area (TPSA) is 138 Å². The van der Waals surface area contributed by atoms with Crippen LogP contribution in [0.1, 0.15) is 96.3 Å². The molecule has 12 nitrogen and oxygen atoms in total. The Balaban J connectivity index is 0.00000661. The van der Waals surface area contributed by atoms with Gasteiger partial charge in [-0.25, -0.2) is 0 Å². The van der Waals surface area contributed by atoms with Gasteiger partial charge in [-0.15, -0.1) is 12.4 Å². The molecule has 0 spiro atoms. The summed E-state index contributed by atoms with van der Waals surface area (Å²) in [7, 11) is 0. The maximum Gasteiger partial charge on any atom is 0.417 e. The Labute approximate surface area is 355 Å². The van der Waals surface area contributed by atoms with Crippen LogP contribution in [-0.2, 0) is 35.5 Å². The number of imide groups is 1. The maximum absolute atomic E-state index is 13.7. The minimum absolute atomic E-state index is 0. The lowest BCUT2D eigenvalue weighted by Gasteiger charge is -2.44. The number of nitrogens with one attached hydrogen (secondary N) is 2. The van der Waals surface area contributed by atoms with Crippen molar-refractivity contribution < 1.29 is 37.1 Å². The normalized spacial score (nSPS) is 26.6. The fourth-order valence-corrected chi connectivity index (χ4v) is 9.80. The van der Waals surface area contributed by atoms with Gasteiger partial charge < -0.3 is 15.0 Å². The van der Waals surface area contributed by atoms with Gasteiger partial charge in [-0.2, -0.15) is 18.4 Å². The predicted molar refractivity (Wildman–Crippen MR) is 223 cm³/mol. The van der Waals surface area contributed by atoms with Gasteiger partial charge >= 0.3 is 6.18 Å². The third-order valence-corrected chi connectivity index (χ3v) is 12.9. The number of hydrogen-bond donors (Lipinski definition) is 2. The molecule has 3 atom stereocenters. The van der Waals surface area contributed by atoms with E-state index >= 15 is 0 Å². The van der Waals surface area contributed by atoms with Gasteiger partial charge in [0.05, 0.1) is 47.6 Å². The van der Waals surface area contributed by atoms with E-state index in [9.17, 15) is 37.6 Å². The van der Waals surface area contributed by atoms with E-state index in [1.165, 1.54) is 6.07 Å². The van der Waals surface area contributed by atoms with Crippen LogP contribution in [0.4, 0.5) is 24.5 Å². The zero-order chi connectivity index (χ0) is 42.2. The standard InChI is InChI=1S/C42H52F3N7O5S.ClH/c1-6-41(18-17-35(53)48-37(41)55)29-8-10-30(11-9-29)47-36(54)25-50-26(2)23-49(24-27(50)3)19-20-57-33-15-13-31(14-16-33)52-39(58)51(38(56)40(52,4)5)32-12-7-28(22-46)34(21-32)42(43,44)45;/h7-12,21,26-27,31,33H,6,13-20,23-25H2,1-5H3,(H,47,54)(H,48,53,55);1H/t26-,27+,31?,33?,41-;/m1./s1. The number of piperazine rings is 1. The first-order valence-electron chi connectivity index (χ1n) is 20.0. The molecule has 2 N–H and O–H groups in total. The molecular formula is C42H53ClF3N7O5S. The van der Waals surface area contributed by atoms with Crippen LogP contribution in [-0.4, -0.2) is 106 Å². The van der Waals surface area contributed by atoms with Crippen molar-refractivity contribution in [2.45, 2.75) is 121 Å². The van der Waals surface area contributed by atoms with Crippen molar-refractivity contribution in [3.05, 3.63) is 59.2 Å². The Morgan fingerprint density at radius 2 is 1.68 bits per heavy atom. The average molecular weight is 860 g/mol. The summed E-state index contributed by atoms with van der Waals surface area (Å²) >= 11 is 5.74. The summed E-state index contributed by atoms with van der Waals surface area (Å²) in [5, 5.41) is 14.8. The van der Waals surface area contributed by atoms with Crippen LogP contribution in [0.15, 0.2) is 42.5 Å². The van der Waals surface area contributed by atoms with Crippen molar-refractivity contribution in [3.8, 4) is 6.07 Å². The maximum atomic E-state index is 13.7. The number of alkyl halides is 3. The summed E-state index contributed by atoms with van der Waals surface area (Å²) < 4.78 is 47.5. The lowest BCUT2D eigenvalue weighted by atomic mass is 9.72.